The molecule has 0 aliphatic heterocycles. The number of benzene rings is 1. The standard InChI is InChI=1S/C26H25F2N7O3/c1-34-12-14(9-31-34)17-10-29-18-11-30-25(33-24(18)32-17)35(13-26-5-4-16(36)6-15(26)8-26)23-21(27)19(37-2)7-20(38-3)22(23)28/h7,9-12,15H,4-6,8,13H2,1-3H3/t15-,26-/m1/s1. The number of Topliss-reactive ketones (excluding diaryl/α,β-unsaturated/α-hetero) is 1. The summed E-state index contributed by atoms with van der Waals surface area (Å²) < 4.78 is 43.5. The fourth-order valence-electron chi connectivity index (χ4n) is 5.37. The van der Waals surface area contributed by atoms with Crippen molar-refractivity contribution in [3.63, 3.8) is 0 Å². The van der Waals surface area contributed by atoms with Gasteiger partial charge in [-0.25, -0.2) is 23.7 Å². The molecule has 0 bridgehead atoms. The number of hydrogen-bond donors (Lipinski definition) is 0. The zero-order chi connectivity index (χ0) is 26.6. The molecule has 2 aliphatic rings. The number of methoxy groups -OCH3 is 2. The molecule has 0 unspecified atom stereocenters. The zero-order valence-electron chi connectivity index (χ0n) is 21.1. The third kappa shape index (κ3) is 4.00. The van der Waals surface area contributed by atoms with Gasteiger partial charge in [0.2, 0.25) is 5.95 Å². The molecule has 2 atom stereocenters. The minimum absolute atomic E-state index is 0.0557. The number of aryl methyl sites for hydroxylation is 1. The number of fused-ring (bicyclic) bond motifs is 2. The molecule has 10 nitrogen and oxygen atoms in total. The smallest absolute Gasteiger partial charge is 0.232 e. The van der Waals surface area contributed by atoms with Gasteiger partial charge in [0.15, 0.2) is 28.8 Å². The van der Waals surface area contributed by atoms with E-state index in [-0.39, 0.29) is 52.4 Å². The topological polar surface area (TPSA) is 108 Å². The monoisotopic (exact) mass is 521 g/mol. The number of anilines is 2. The fraction of sp³-hybridized carbons (Fsp3) is 0.385. The van der Waals surface area contributed by atoms with E-state index in [0.717, 1.165) is 18.1 Å². The number of ether oxygens (including phenoxy) is 2. The molecule has 38 heavy (non-hydrogen) atoms. The average molecular weight is 522 g/mol. The van der Waals surface area contributed by atoms with Crippen LogP contribution in [0.4, 0.5) is 20.4 Å². The van der Waals surface area contributed by atoms with Gasteiger partial charge >= 0.3 is 0 Å². The molecule has 0 N–H and O–H groups in total. The van der Waals surface area contributed by atoms with Crippen LogP contribution in [0.25, 0.3) is 22.4 Å². The Morgan fingerprint density at radius 2 is 1.87 bits per heavy atom. The van der Waals surface area contributed by atoms with Crippen molar-refractivity contribution in [1.82, 2.24) is 29.7 Å². The van der Waals surface area contributed by atoms with Crippen molar-refractivity contribution < 1.29 is 23.0 Å². The van der Waals surface area contributed by atoms with E-state index in [9.17, 15) is 4.79 Å². The third-order valence-electron chi connectivity index (χ3n) is 7.56. The van der Waals surface area contributed by atoms with Gasteiger partial charge in [-0.15, -0.1) is 0 Å². The van der Waals surface area contributed by atoms with Gasteiger partial charge in [-0.1, -0.05) is 0 Å². The first-order valence-corrected chi connectivity index (χ1v) is 12.2. The minimum Gasteiger partial charge on any atom is -0.493 e. The van der Waals surface area contributed by atoms with E-state index >= 15 is 8.78 Å². The highest BCUT2D eigenvalue weighted by Gasteiger charge is 2.57. The summed E-state index contributed by atoms with van der Waals surface area (Å²) in [6, 6.07) is 1.16. The van der Waals surface area contributed by atoms with Crippen molar-refractivity contribution in [2.24, 2.45) is 18.4 Å². The number of rotatable bonds is 7. The van der Waals surface area contributed by atoms with Crippen LogP contribution in [0, 0.1) is 23.0 Å². The Balaban J connectivity index is 1.49. The summed E-state index contributed by atoms with van der Waals surface area (Å²) in [5.74, 6) is -1.72. The first-order valence-electron chi connectivity index (χ1n) is 12.2. The van der Waals surface area contributed by atoms with Crippen molar-refractivity contribution in [2.75, 3.05) is 25.7 Å². The van der Waals surface area contributed by atoms with Gasteiger partial charge in [0.1, 0.15) is 17.0 Å². The number of halogens is 2. The van der Waals surface area contributed by atoms with Crippen molar-refractivity contribution >= 4 is 28.6 Å². The molecular weight excluding hydrogens is 496 g/mol. The Kier molecular flexibility index (Phi) is 5.69. The lowest BCUT2D eigenvalue weighted by molar-refractivity contribution is -0.121. The van der Waals surface area contributed by atoms with E-state index < -0.39 is 11.6 Å². The molecule has 3 aromatic heterocycles. The minimum atomic E-state index is -0.898. The van der Waals surface area contributed by atoms with E-state index in [4.69, 9.17) is 9.47 Å². The van der Waals surface area contributed by atoms with Crippen LogP contribution >= 0.6 is 0 Å². The lowest BCUT2D eigenvalue weighted by Gasteiger charge is -2.31. The van der Waals surface area contributed by atoms with Gasteiger partial charge < -0.3 is 14.4 Å². The van der Waals surface area contributed by atoms with Crippen molar-refractivity contribution in [2.45, 2.75) is 25.7 Å². The van der Waals surface area contributed by atoms with Gasteiger partial charge in [-0.2, -0.15) is 10.1 Å². The molecule has 2 fully saturated rings. The predicted octanol–water partition coefficient (Wildman–Crippen LogP) is 4.01. The first kappa shape index (κ1) is 24.1. The zero-order valence-corrected chi connectivity index (χ0v) is 21.1. The molecule has 6 rings (SSSR count). The van der Waals surface area contributed by atoms with E-state index in [1.54, 1.807) is 30.3 Å². The Labute approximate surface area is 216 Å². The van der Waals surface area contributed by atoms with Gasteiger partial charge in [-0.05, 0) is 24.2 Å². The Morgan fingerprint density at radius 1 is 1.11 bits per heavy atom. The van der Waals surface area contributed by atoms with Crippen LogP contribution in [0.15, 0.2) is 30.9 Å². The van der Waals surface area contributed by atoms with Crippen molar-refractivity contribution in [3.05, 3.63) is 42.5 Å². The highest BCUT2D eigenvalue weighted by atomic mass is 19.1. The van der Waals surface area contributed by atoms with E-state index in [2.05, 4.69) is 25.0 Å². The first-order chi connectivity index (χ1) is 18.3. The lowest BCUT2D eigenvalue weighted by Crippen LogP contribution is -2.33. The van der Waals surface area contributed by atoms with Crippen LogP contribution < -0.4 is 14.4 Å². The SMILES string of the molecule is COc1cc(OC)c(F)c(N(C[C@]23CCC(=O)C[C@@H]2C3)c2ncc3ncc(-c4cnn(C)c4)nc3n2)c1F. The summed E-state index contributed by atoms with van der Waals surface area (Å²) in [7, 11) is 4.40. The quantitative estimate of drug-likeness (QED) is 0.356. The molecular formula is C26H25F2N7O3. The second-order valence-electron chi connectivity index (χ2n) is 9.89. The van der Waals surface area contributed by atoms with E-state index in [1.807, 2.05) is 0 Å². The fourth-order valence-corrected chi connectivity index (χ4v) is 5.37. The summed E-state index contributed by atoms with van der Waals surface area (Å²) >= 11 is 0. The molecule has 0 spiro atoms. The number of hydrogen-bond acceptors (Lipinski definition) is 9. The molecule has 2 saturated carbocycles. The van der Waals surface area contributed by atoms with Gasteiger partial charge in [-0.3, -0.25) is 9.48 Å². The Hall–Kier alpha value is -4.22. The summed E-state index contributed by atoms with van der Waals surface area (Å²) in [5, 5.41) is 4.17. The Morgan fingerprint density at radius 3 is 2.53 bits per heavy atom. The van der Waals surface area contributed by atoms with Crippen molar-refractivity contribution in [3.8, 4) is 22.8 Å². The normalized spacial score (nSPS) is 20.3. The van der Waals surface area contributed by atoms with Crippen LogP contribution in [0.1, 0.15) is 25.7 Å². The maximum Gasteiger partial charge on any atom is 0.232 e. The van der Waals surface area contributed by atoms with Crippen LogP contribution in [-0.2, 0) is 11.8 Å². The lowest BCUT2D eigenvalue weighted by atomic mass is 9.87. The highest BCUT2D eigenvalue weighted by molar-refractivity contribution is 5.81. The summed E-state index contributed by atoms with van der Waals surface area (Å²) in [4.78, 5) is 31.5. The maximum absolute atomic E-state index is 15.7. The molecule has 0 radical (unpaired) electrons. The number of ketones is 1. The molecule has 196 valence electrons. The van der Waals surface area contributed by atoms with Gasteiger partial charge in [0, 0.05) is 44.3 Å². The summed E-state index contributed by atoms with van der Waals surface area (Å²) in [6.45, 7) is 0.219. The molecule has 4 aromatic rings. The van der Waals surface area contributed by atoms with E-state index in [1.165, 1.54) is 25.3 Å². The number of carbonyl (C=O) groups excluding carboxylic acids is 1. The average Bonchev–Trinajstić information content (AvgIpc) is 3.45. The van der Waals surface area contributed by atoms with E-state index in [0.29, 0.717) is 30.5 Å². The highest BCUT2D eigenvalue weighted by Crippen LogP contribution is 2.61. The molecule has 0 amide bonds. The molecule has 1 aromatic carbocycles. The van der Waals surface area contributed by atoms with Crippen LogP contribution in [0.2, 0.25) is 0 Å². The Bertz CT molecular complexity index is 1550. The molecule has 3 heterocycles. The summed E-state index contributed by atoms with van der Waals surface area (Å²) in [6.07, 6.45) is 8.87. The summed E-state index contributed by atoms with van der Waals surface area (Å²) in [5.41, 5.74) is 1.34. The van der Waals surface area contributed by atoms with Crippen LogP contribution in [-0.4, -0.2) is 56.3 Å². The third-order valence-corrected chi connectivity index (χ3v) is 7.56. The van der Waals surface area contributed by atoms with Gasteiger partial charge in [0.25, 0.3) is 0 Å². The maximum atomic E-state index is 15.7. The van der Waals surface area contributed by atoms with Gasteiger partial charge in [0.05, 0.1) is 38.5 Å². The second kappa shape index (κ2) is 8.96. The number of carbonyl (C=O) groups is 1. The van der Waals surface area contributed by atoms with Crippen LogP contribution in [0.3, 0.4) is 0 Å². The largest absolute Gasteiger partial charge is 0.493 e. The molecule has 2 aliphatic carbocycles. The van der Waals surface area contributed by atoms with Crippen LogP contribution in [0.5, 0.6) is 11.5 Å². The second-order valence-corrected chi connectivity index (χ2v) is 9.89. The predicted molar refractivity (Wildman–Crippen MR) is 133 cm³/mol. The molecule has 12 heteroatoms. The van der Waals surface area contributed by atoms with Crippen molar-refractivity contribution in [1.29, 1.82) is 0 Å². The number of nitrogens with zero attached hydrogens (tertiary/aromatic N) is 7. The number of aromatic nitrogens is 6. The molecule has 0 saturated heterocycles.